The Morgan fingerprint density at radius 1 is 1.11 bits per heavy atom. The smallest absolute Gasteiger partial charge is 0.264 e. The predicted octanol–water partition coefficient (Wildman–Crippen LogP) is 4.22. The number of amides is 1. The number of nitrogens with zero attached hydrogens (tertiary/aromatic N) is 1. The van der Waals surface area contributed by atoms with Gasteiger partial charge in [0.1, 0.15) is 19.0 Å². The van der Waals surface area contributed by atoms with Crippen molar-refractivity contribution in [3.05, 3.63) is 52.9 Å². The van der Waals surface area contributed by atoms with Crippen LogP contribution in [-0.2, 0) is 4.79 Å². The van der Waals surface area contributed by atoms with E-state index in [9.17, 15) is 4.79 Å². The van der Waals surface area contributed by atoms with Gasteiger partial charge in [-0.25, -0.2) is 4.98 Å². The molecule has 1 N–H and O–H groups in total. The first kappa shape index (κ1) is 18.3. The molecule has 4 rings (SSSR count). The fourth-order valence-electron chi connectivity index (χ4n) is 2.77. The lowest BCUT2D eigenvalue weighted by molar-refractivity contribution is -0.118. The van der Waals surface area contributed by atoms with Crippen molar-refractivity contribution in [1.29, 1.82) is 0 Å². The van der Waals surface area contributed by atoms with Gasteiger partial charge in [-0.1, -0.05) is 6.07 Å². The number of hydrogen-bond acceptors (Lipinski definition) is 6. The summed E-state index contributed by atoms with van der Waals surface area (Å²) in [6.07, 6.45) is 0. The van der Waals surface area contributed by atoms with E-state index < -0.39 is 0 Å². The molecule has 0 bridgehead atoms. The van der Waals surface area contributed by atoms with Crippen molar-refractivity contribution in [3.63, 3.8) is 0 Å². The van der Waals surface area contributed by atoms with Gasteiger partial charge in [0.25, 0.3) is 5.91 Å². The second-order valence-corrected chi connectivity index (χ2v) is 7.34. The van der Waals surface area contributed by atoms with Crippen LogP contribution in [0, 0.1) is 13.8 Å². The third-order valence-corrected chi connectivity index (χ3v) is 5.19. The van der Waals surface area contributed by atoms with Gasteiger partial charge in [0.05, 0.1) is 5.69 Å². The summed E-state index contributed by atoms with van der Waals surface area (Å²) in [4.78, 5) is 16.7. The lowest BCUT2D eigenvalue weighted by Crippen LogP contribution is -2.20. The quantitative estimate of drug-likeness (QED) is 0.699. The molecule has 7 heteroatoms. The third-order valence-electron chi connectivity index (χ3n) is 4.44. The first-order valence-electron chi connectivity index (χ1n) is 8.94. The van der Waals surface area contributed by atoms with Gasteiger partial charge in [-0.2, -0.15) is 0 Å². The topological polar surface area (TPSA) is 69.7 Å². The molecule has 3 aromatic rings. The molecule has 1 aliphatic rings. The van der Waals surface area contributed by atoms with Crippen molar-refractivity contribution in [2.24, 2.45) is 0 Å². The molecule has 0 atom stereocenters. The number of ether oxygens (including phenoxy) is 3. The zero-order valence-electron chi connectivity index (χ0n) is 15.7. The number of carbonyl (C=O) groups excluding carboxylic acids is 1. The summed E-state index contributed by atoms with van der Waals surface area (Å²) in [5.74, 6) is 1.88. The average molecular weight is 396 g/mol. The largest absolute Gasteiger partial charge is 0.486 e. The highest BCUT2D eigenvalue weighted by Gasteiger charge is 2.14. The van der Waals surface area contributed by atoms with E-state index in [2.05, 4.69) is 10.3 Å². The Morgan fingerprint density at radius 3 is 2.75 bits per heavy atom. The number of thiazole rings is 1. The first-order valence-corrected chi connectivity index (χ1v) is 9.82. The summed E-state index contributed by atoms with van der Waals surface area (Å²) in [7, 11) is 0. The van der Waals surface area contributed by atoms with Crippen LogP contribution in [0.2, 0.25) is 0 Å². The summed E-state index contributed by atoms with van der Waals surface area (Å²) in [6.45, 7) is 5.07. The first-order chi connectivity index (χ1) is 13.6. The molecule has 6 nitrogen and oxygen atoms in total. The van der Waals surface area contributed by atoms with Crippen LogP contribution in [-0.4, -0.2) is 30.7 Å². The van der Waals surface area contributed by atoms with Crippen molar-refractivity contribution < 1.29 is 19.0 Å². The van der Waals surface area contributed by atoms with Gasteiger partial charge in [-0.15, -0.1) is 11.3 Å². The van der Waals surface area contributed by atoms with Crippen molar-refractivity contribution in [2.45, 2.75) is 13.8 Å². The Kier molecular flexibility index (Phi) is 5.16. The van der Waals surface area contributed by atoms with Crippen LogP contribution in [0.1, 0.15) is 11.1 Å². The fourth-order valence-corrected chi connectivity index (χ4v) is 3.51. The fraction of sp³-hybridized carbons (Fsp3) is 0.238. The van der Waals surface area contributed by atoms with Gasteiger partial charge in [0.2, 0.25) is 0 Å². The summed E-state index contributed by atoms with van der Waals surface area (Å²) >= 11 is 1.37. The van der Waals surface area contributed by atoms with E-state index >= 15 is 0 Å². The van der Waals surface area contributed by atoms with Gasteiger partial charge in [-0.05, 0) is 55.3 Å². The molecule has 0 fully saturated rings. The molecule has 1 aliphatic heterocycles. The van der Waals surface area contributed by atoms with E-state index in [1.165, 1.54) is 16.9 Å². The number of hydrogen-bond donors (Lipinski definition) is 1. The van der Waals surface area contributed by atoms with E-state index in [-0.39, 0.29) is 12.5 Å². The number of aryl methyl sites for hydroxylation is 2. The van der Waals surface area contributed by atoms with Crippen LogP contribution in [0.4, 0.5) is 5.13 Å². The van der Waals surface area contributed by atoms with E-state index in [1.807, 2.05) is 55.6 Å². The average Bonchev–Trinajstić information content (AvgIpc) is 3.17. The van der Waals surface area contributed by atoms with E-state index in [0.717, 1.165) is 22.6 Å². The number of benzene rings is 2. The molecule has 0 radical (unpaired) electrons. The molecular weight excluding hydrogens is 376 g/mol. The normalized spacial score (nSPS) is 12.5. The Morgan fingerprint density at radius 2 is 1.93 bits per heavy atom. The number of rotatable bonds is 5. The Hall–Kier alpha value is -3.06. The Bertz CT molecular complexity index is 1020. The number of aromatic nitrogens is 1. The van der Waals surface area contributed by atoms with Gasteiger partial charge in [0, 0.05) is 10.9 Å². The maximum absolute atomic E-state index is 12.2. The molecule has 0 saturated carbocycles. The Balaban J connectivity index is 1.37. The van der Waals surface area contributed by atoms with E-state index in [0.29, 0.717) is 29.8 Å². The van der Waals surface area contributed by atoms with Crippen LogP contribution in [0.15, 0.2) is 41.8 Å². The minimum Gasteiger partial charge on any atom is -0.486 e. The minimum atomic E-state index is -0.249. The Labute approximate surface area is 167 Å². The van der Waals surface area contributed by atoms with Crippen molar-refractivity contribution in [1.82, 2.24) is 4.98 Å². The van der Waals surface area contributed by atoms with Gasteiger partial charge >= 0.3 is 0 Å². The van der Waals surface area contributed by atoms with Crippen LogP contribution >= 0.6 is 11.3 Å². The maximum atomic E-state index is 12.2. The van der Waals surface area contributed by atoms with Crippen LogP contribution in [0.25, 0.3) is 11.3 Å². The van der Waals surface area contributed by atoms with Gasteiger partial charge < -0.3 is 14.2 Å². The molecule has 2 aromatic carbocycles. The van der Waals surface area contributed by atoms with Crippen LogP contribution in [0.3, 0.4) is 0 Å². The standard InChI is InChI=1S/C21H20N2O4S/c1-13-3-5-16(9-14(13)2)27-11-20(24)23-21-22-17(12-28-21)15-4-6-18-19(10-15)26-8-7-25-18/h3-6,9-10,12H,7-8,11H2,1-2H3,(H,22,23,24). The van der Waals surface area contributed by atoms with E-state index in [1.54, 1.807) is 0 Å². The van der Waals surface area contributed by atoms with Crippen molar-refractivity contribution in [2.75, 3.05) is 25.1 Å². The summed E-state index contributed by atoms with van der Waals surface area (Å²) in [5.41, 5.74) is 3.99. The molecule has 2 heterocycles. The monoisotopic (exact) mass is 396 g/mol. The summed E-state index contributed by atoms with van der Waals surface area (Å²) in [6, 6.07) is 11.5. The van der Waals surface area contributed by atoms with Crippen molar-refractivity contribution >= 4 is 22.4 Å². The van der Waals surface area contributed by atoms with Crippen LogP contribution < -0.4 is 19.5 Å². The highest BCUT2D eigenvalue weighted by molar-refractivity contribution is 7.14. The molecule has 1 aromatic heterocycles. The predicted molar refractivity (Wildman–Crippen MR) is 109 cm³/mol. The molecule has 1 amide bonds. The lowest BCUT2D eigenvalue weighted by atomic mass is 10.1. The highest BCUT2D eigenvalue weighted by atomic mass is 32.1. The SMILES string of the molecule is Cc1ccc(OCC(=O)Nc2nc(-c3ccc4c(c3)OCCO4)cs2)cc1C. The molecule has 0 spiro atoms. The molecule has 0 unspecified atom stereocenters. The summed E-state index contributed by atoms with van der Waals surface area (Å²) < 4.78 is 16.7. The van der Waals surface area contributed by atoms with Crippen molar-refractivity contribution in [3.8, 4) is 28.5 Å². The minimum absolute atomic E-state index is 0.0680. The zero-order chi connectivity index (χ0) is 19.5. The van der Waals surface area contributed by atoms with Gasteiger partial charge in [-0.3, -0.25) is 10.1 Å². The summed E-state index contributed by atoms with van der Waals surface area (Å²) in [5, 5.41) is 5.20. The molecule has 28 heavy (non-hydrogen) atoms. The number of anilines is 1. The second kappa shape index (κ2) is 7.90. The number of carbonyl (C=O) groups is 1. The zero-order valence-corrected chi connectivity index (χ0v) is 16.5. The maximum Gasteiger partial charge on any atom is 0.264 e. The molecule has 0 saturated heterocycles. The number of nitrogens with one attached hydrogen (secondary N) is 1. The second-order valence-electron chi connectivity index (χ2n) is 6.48. The van der Waals surface area contributed by atoms with E-state index in [4.69, 9.17) is 14.2 Å². The highest BCUT2D eigenvalue weighted by Crippen LogP contribution is 2.35. The van der Waals surface area contributed by atoms with Crippen LogP contribution in [0.5, 0.6) is 17.2 Å². The third kappa shape index (κ3) is 4.09. The molecule has 144 valence electrons. The molecule has 0 aliphatic carbocycles. The lowest BCUT2D eigenvalue weighted by Gasteiger charge is -2.18. The molecular formula is C21H20N2O4S. The number of fused-ring (bicyclic) bond motifs is 1. The van der Waals surface area contributed by atoms with Gasteiger partial charge in [0.15, 0.2) is 23.2 Å².